The molecular formula is C34H43FN6O2S. The summed E-state index contributed by atoms with van der Waals surface area (Å²) in [6.45, 7) is 13.9. The van der Waals surface area contributed by atoms with Crippen LogP contribution in [0.1, 0.15) is 60.0 Å². The van der Waals surface area contributed by atoms with E-state index < -0.39 is 11.0 Å². The van der Waals surface area contributed by atoms with Crippen molar-refractivity contribution in [3.05, 3.63) is 89.3 Å². The summed E-state index contributed by atoms with van der Waals surface area (Å²) in [7, 11) is -1.19. The molecule has 3 aliphatic heterocycles. The first-order valence-corrected chi connectivity index (χ1v) is 16.8. The van der Waals surface area contributed by atoms with Crippen LogP contribution < -0.4 is 0 Å². The highest BCUT2D eigenvalue weighted by molar-refractivity contribution is 7.82. The molecule has 3 aromatic rings. The predicted molar refractivity (Wildman–Crippen MR) is 170 cm³/mol. The molecule has 3 atom stereocenters. The van der Waals surface area contributed by atoms with Crippen molar-refractivity contribution in [2.45, 2.75) is 63.1 Å². The fourth-order valence-corrected chi connectivity index (χ4v) is 8.70. The zero-order valence-corrected chi connectivity index (χ0v) is 27.0. The van der Waals surface area contributed by atoms with Crippen molar-refractivity contribution in [1.29, 1.82) is 0 Å². The minimum absolute atomic E-state index is 0.00259. The summed E-state index contributed by atoms with van der Waals surface area (Å²) in [5.74, 6) is 0.0720. The maximum Gasteiger partial charge on any atom is 0.257 e. The van der Waals surface area contributed by atoms with Crippen molar-refractivity contribution in [2.75, 3.05) is 45.8 Å². The Bertz CT molecular complexity index is 1490. The quantitative estimate of drug-likeness (QED) is 0.385. The third kappa shape index (κ3) is 6.09. The Kier molecular flexibility index (Phi) is 8.97. The van der Waals surface area contributed by atoms with E-state index in [1.807, 2.05) is 59.5 Å². The van der Waals surface area contributed by atoms with Crippen molar-refractivity contribution >= 4 is 16.9 Å². The van der Waals surface area contributed by atoms with Crippen molar-refractivity contribution in [1.82, 2.24) is 29.0 Å². The molecule has 3 fully saturated rings. The molecule has 10 heteroatoms. The first-order valence-electron chi connectivity index (χ1n) is 15.7. The van der Waals surface area contributed by atoms with E-state index in [-0.39, 0.29) is 35.3 Å². The van der Waals surface area contributed by atoms with Gasteiger partial charge in [0.1, 0.15) is 23.1 Å². The number of halogens is 1. The molecule has 2 aromatic carbocycles. The standard InChI is InChI=1S/C34H43FN6O2S/c1-24-20-39(34(4)13-15-38(16-14-34)33(42)31-25(2)36-23-37-26(31)3)17-18-41(24)32(27-9-8-10-29(35)19-27)28-21-40(22-28)44(43)30-11-6-5-7-12-30/h5-12,19,23-24,28,32H,13-18,20-22H2,1-4H3/t24-,32?,44?/m0/s1. The van der Waals surface area contributed by atoms with Gasteiger partial charge in [-0.15, -0.1) is 0 Å². The van der Waals surface area contributed by atoms with E-state index in [0.717, 1.165) is 54.3 Å². The zero-order valence-electron chi connectivity index (χ0n) is 26.2. The molecule has 0 radical (unpaired) electrons. The zero-order chi connectivity index (χ0) is 31.0. The lowest BCUT2D eigenvalue weighted by molar-refractivity contribution is -0.0488. The molecule has 0 saturated carbocycles. The third-order valence-corrected chi connectivity index (χ3v) is 11.5. The molecule has 44 heavy (non-hydrogen) atoms. The van der Waals surface area contributed by atoms with E-state index in [1.54, 1.807) is 12.1 Å². The van der Waals surface area contributed by atoms with Crippen LogP contribution in [0.2, 0.25) is 0 Å². The number of piperazine rings is 1. The second-order valence-electron chi connectivity index (χ2n) is 12.9. The van der Waals surface area contributed by atoms with Gasteiger partial charge in [0.05, 0.1) is 21.8 Å². The highest BCUT2D eigenvalue weighted by atomic mass is 32.2. The van der Waals surface area contributed by atoms with Gasteiger partial charge in [0.2, 0.25) is 0 Å². The van der Waals surface area contributed by atoms with E-state index in [0.29, 0.717) is 31.7 Å². The minimum atomic E-state index is -1.19. The first-order chi connectivity index (χ1) is 21.1. The van der Waals surface area contributed by atoms with Crippen LogP contribution in [0, 0.1) is 25.6 Å². The fraction of sp³-hybridized carbons (Fsp3) is 0.500. The molecule has 0 aliphatic carbocycles. The Hall–Kier alpha value is -3.05. The summed E-state index contributed by atoms with van der Waals surface area (Å²) in [6.07, 6.45) is 3.34. The molecule has 1 aromatic heterocycles. The summed E-state index contributed by atoms with van der Waals surface area (Å²) in [6, 6.07) is 16.9. The summed E-state index contributed by atoms with van der Waals surface area (Å²) < 4.78 is 29.7. The normalized spacial score (nSPS) is 23.2. The van der Waals surface area contributed by atoms with Gasteiger partial charge in [-0.25, -0.2) is 22.9 Å². The number of aryl methyl sites for hydroxylation is 2. The van der Waals surface area contributed by atoms with Crippen LogP contribution >= 0.6 is 0 Å². The third-order valence-electron chi connectivity index (χ3n) is 10.1. The van der Waals surface area contributed by atoms with Gasteiger partial charge in [-0.1, -0.05) is 30.3 Å². The van der Waals surface area contributed by atoms with E-state index in [1.165, 1.54) is 12.4 Å². The number of hydrogen-bond acceptors (Lipinski definition) is 6. The molecule has 3 aliphatic rings. The number of piperidine rings is 1. The van der Waals surface area contributed by atoms with Gasteiger partial charge in [-0.3, -0.25) is 14.6 Å². The van der Waals surface area contributed by atoms with Gasteiger partial charge in [-0.2, -0.15) is 0 Å². The van der Waals surface area contributed by atoms with Crippen LogP contribution in [-0.4, -0.2) is 96.5 Å². The SMILES string of the molecule is Cc1ncnc(C)c1C(=O)N1CCC(C)(N2CCN(C(c3cccc(F)c3)C3CN(S(=O)c4ccccc4)C3)[C@@H](C)C2)CC1. The topological polar surface area (TPSA) is 72.9 Å². The number of amides is 1. The van der Waals surface area contributed by atoms with Crippen LogP contribution in [-0.2, 0) is 11.0 Å². The lowest BCUT2D eigenvalue weighted by atomic mass is 9.84. The Labute approximate surface area is 262 Å². The molecule has 6 rings (SSSR count). The Morgan fingerprint density at radius 1 is 0.955 bits per heavy atom. The van der Waals surface area contributed by atoms with E-state index in [2.05, 4.69) is 33.6 Å². The van der Waals surface area contributed by atoms with E-state index in [4.69, 9.17) is 0 Å². The number of benzene rings is 2. The summed E-state index contributed by atoms with van der Waals surface area (Å²) in [5, 5.41) is 0. The maximum absolute atomic E-state index is 14.5. The fourth-order valence-electron chi connectivity index (χ4n) is 7.36. The van der Waals surface area contributed by atoms with E-state index >= 15 is 0 Å². The monoisotopic (exact) mass is 618 g/mol. The molecule has 0 spiro atoms. The number of likely N-dealkylation sites (tertiary alicyclic amines) is 1. The summed E-state index contributed by atoms with van der Waals surface area (Å²) >= 11 is 0. The average molecular weight is 619 g/mol. The van der Waals surface area contributed by atoms with Crippen LogP contribution in [0.15, 0.2) is 65.8 Å². The molecule has 3 saturated heterocycles. The smallest absolute Gasteiger partial charge is 0.257 e. The number of nitrogens with zero attached hydrogens (tertiary/aromatic N) is 6. The van der Waals surface area contributed by atoms with E-state index in [9.17, 15) is 13.4 Å². The van der Waals surface area contributed by atoms with Crippen molar-refractivity contribution in [2.24, 2.45) is 5.92 Å². The molecule has 8 nitrogen and oxygen atoms in total. The molecule has 4 heterocycles. The largest absolute Gasteiger partial charge is 0.338 e. The highest BCUT2D eigenvalue weighted by Crippen LogP contribution is 2.40. The van der Waals surface area contributed by atoms with Gasteiger partial charge in [0, 0.05) is 69.4 Å². The van der Waals surface area contributed by atoms with Crippen LogP contribution in [0.5, 0.6) is 0 Å². The van der Waals surface area contributed by atoms with Crippen molar-refractivity contribution in [3.8, 4) is 0 Å². The molecule has 0 N–H and O–H groups in total. The Balaban J connectivity index is 1.12. The van der Waals surface area contributed by atoms with Crippen molar-refractivity contribution < 1.29 is 13.4 Å². The van der Waals surface area contributed by atoms with Gasteiger partial charge in [0.15, 0.2) is 0 Å². The Morgan fingerprint density at radius 2 is 1.64 bits per heavy atom. The minimum Gasteiger partial charge on any atom is -0.338 e. The van der Waals surface area contributed by atoms with Crippen LogP contribution in [0.4, 0.5) is 4.39 Å². The van der Waals surface area contributed by atoms with Gasteiger partial charge >= 0.3 is 0 Å². The Morgan fingerprint density at radius 3 is 2.27 bits per heavy atom. The summed E-state index contributed by atoms with van der Waals surface area (Å²) in [4.78, 5) is 29.8. The molecule has 234 valence electrons. The predicted octanol–water partition coefficient (Wildman–Crippen LogP) is 4.63. The van der Waals surface area contributed by atoms with Crippen molar-refractivity contribution in [3.63, 3.8) is 0 Å². The lowest BCUT2D eigenvalue weighted by Crippen LogP contribution is -2.64. The van der Waals surface area contributed by atoms with Gasteiger partial charge in [-0.05, 0) is 70.4 Å². The lowest BCUT2D eigenvalue weighted by Gasteiger charge is -2.55. The van der Waals surface area contributed by atoms with Crippen LogP contribution in [0.25, 0.3) is 0 Å². The number of carbonyl (C=O) groups is 1. The number of aromatic nitrogens is 2. The second-order valence-corrected chi connectivity index (χ2v) is 14.4. The molecule has 1 amide bonds. The maximum atomic E-state index is 14.5. The molecular weight excluding hydrogens is 575 g/mol. The molecule has 0 bridgehead atoms. The second kappa shape index (κ2) is 12.7. The molecule has 2 unspecified atom stereocenters. The number of carbonyl (C=O) groups excluding carboxylic acids is 1. The van der Waals surface area contributed by atoms with Crippen LogP contribution in [0.3, 0.4) is 0 Å². The first kappa shape index (κ1) is 31.0. The highest BCUT2D eigenvalue weighted by Gasteiger charge is 2.45. The number of hydrogen-bond donors (Lipinski definition) is 0. The van der Waals surface area contributed by atoms with Gasteiger partial charge in [0.25, 0.3) is 5.91 Å². The number of rotatable bonds is 7. The average Bonchev–Trinajstić information content (AvgIpc) is 2.99. The summed E-state index contributed by atoms with van der Waals surface area (Å²) in [5.41, 5.74) is 3.09. The van der Waals surface area contributed by atoms with Gasteiger partial charge < -0.3 is 4.90 Å².